The first kappa shape index (κ1) is 14.2. The molecule has 3 rings (SSSR count). The van der Waals surface area contributed by atoms with E-state index in [9.17, 15) is 4.79 Å². The highest BCUT2D eigenvalue weighted by atomic mass is 32.1. The Morgan fingerprint density at radius 1 is 1.38 bits per heavy atom. The summed E-state index contributed by atoms with van der Waals surface area (Å²) < 4.78 is 0. The number of amides is 1. The van der Waals surface area contributed by atoms with E-state index in [0.717, 1.165) is 42.2 Å². The van der Waals surface area contributed by atoms with Gasteiger partial charge in [-0.05, 0) is 45.2 Å². The van der Waals surface area contributed by atoms with Gasteiger partial charge in [0.15, 0.2) is 0 Å². The molecular formula is C16H19N3OS. The number of nitrogens with zero attached hydrogens (tertiary/aromatic N) is 3. The lowest BCUT2D eigenvalue weighted by Gasteiger charge is -2.34. The molecule has 1 aliphatic rings. The van der Waals surface area contributed by atoms with Crippen molar-refractivity contribution in [1.29, 1.82) is 0 Å². The van der Waals surface area contributed by atoms with Crippen molar-refractivity contribution >= 4 is 17.2 Å². The molecule has 1 atom stereocenters. The first-order valence-corrected chi connectivity index (χ1v) is 8.19. The van der Waals surface area contributed by atoms with E-state index in [4.69, 9.17) is 0 Å². The fourth-order valence-electron chi connectivity index (χ4n) is 2.82. The van der Waals surface area contributed by atoms with Crippen LogP contribution in [0.1, 0.15) is 52.1 Å². The van der Waals surface area contributed by atoms with Crippen molar-refractivity contribution in [1.82, 2.24) is 14.9 Å². The Morgan fingerprint density at radius 2 is 2.24 bits per heavy atom. The van der Waals surface area contributed by atoms with Gasteiger partial charge < -0.3 is 4.90 Å². The topological polar surface area (TPSA) is 46.1 Å². The number of pyridine rings is 1. The van der Waals surface area contributed by atoms with Crippen LogP contribution in [0.5, 0.6) is 0 Å². The van der Waals surface area contributed by atoms with Crippen LogP contribution in [0.25, 0.3) is 0 Å². The molecule has 0 N–H and O–H groups in total. The van der Waals surface area contributed by atoms with Crippen molar-refractivity contribution < 1.29 is 4.79 Å². The van der Waals surface area contributed by atoms with Gasteiger partial charge in [-0.15, -0.1) is 11.3 Å². The smallest absolute Gasteiger partial charge is 0.256 e. The lowest BCUT2D eigenvalue weighted by Crippen LogP contribution is -2.38. The van der Waals surface area contributed by atoms with Crippen LogP contribution in [0.2, 0.25) is 0 Å². The van der Waals surface area contributed by atoms with E-state index in [2.05, 4.69) is 15.3 Å². The highest BCUT2D eigenvalue weighted by Crippen LogP contribution is 2.33. The summed E-state index contributed by atoms with van der Waals surface area (Å²) in [5.74, 6) is 0.0816. The molecule has 1 amide bonds. The quantitative estimate of drug-likeness (QED) is 0.852. The predicted octanol–water partition coefficient (Wildman–Crippen LogP) is 3.52. The van der Waals surface area contributed by atoms with Crippen molar-refractivity contribution in [2.24, 2.45) is 0 Å². The maximum absolute atomic E-state index is 12.9. The number of thiazole rings is 1. The summed E-state index contributed by atoms with van der Waals surface area (Å²) in [6.07, 6.45) is 4.94. The highest BCUT2D eigenvalue weighted by Gasteiger charge is 2.31. The molecule has 4 nitrogen and oxygen atoms in total. The summed E-state index contributed by atoms with van der Waals surface area (Å²) in [7, 11) is 0. The number of aryl methyl sites for hydroxylation is 2. The van der Waals surface area contributed by atoms with E-state index in [1.807, 2.05) is 30.9 Å². The average Bonchev–Trinajstić information content (AvgIpc) is 2.93. The monoisotopic (exact) mass is 301 g/mol. The summed E-state index contributed by atoms with van der Waals surface area (Å²) in [5.41, 5.74) is 2.53. The minimum atomic E-state index is 0.0816. The van der Waals surface area contributed by atoms with E-state index in [0.29, 0.717) is 5.56 Å². The van der Waals surface area contributed by atoms with Crippen LogP contribution in [0.3, 0.4) is 0 Å². The highest BCUT2D eigenvalue weighted by molar-refractivity contribution is 7.09. The molecule has 2 aromatic heterocycles. The van der Waals surface area contributed by atoms with E-state index in [1.165, 1.54) is 0 Å². The van der Waals surface area contributed by atoms with Gasteiger partial charge in [0.2, 0.25) is 0 Å². The maximum atomic E-state index is 12.9. The van der Waals surface area contributed by atoms with Gasteiger partial charge in [-0.25, -0.2) is 4.98 Å². The number of hydrogen-bond donors (Lipinski definition) is 0. The summed E-state index contributed by atoms with van der Waals surface area (Å²) >= 11 is 1.66. The van der Waals surface area contributed by atoms with Crippen LogP contribution in [0, 0.1) is 13.8 Å². The Balaban J connectivity index is 1.91. The van der Waals surface area contributed by atoms with E-state index >= 15 is 0 Å². The zero-order valence-electron chi connectivity index (χ0n) is 12.4. The number of aromatic nitrogens is 2. The molecule has 1 aliphatic heterocycles. The molecule has 0 unspecified atom stereocenters. The molecule has 1 fully saturated rings. The molecule has 0 spiro atoms. The molecule has 21 heavy (non-hydrogen) atoms. The molecule has 0 saturated carbocycles. The molecule has 0 aliphatic carbocycles. The molecule has 3 heterocycles. The Morgan fingerprint density at radius 3 is 2.95 bits per heavy atom. The van der Waals surface area contributed by atoms with Crippen LogP contribution in [-0.2, 0) is 0 Å². The predicted molar refractivity (Wildman–Crippen MR) is 83.5 cm³/mol. The van der Waals surface area contributed by atoms with Crippen LogP contribution < -0.4 is 0 Å². The Hall–Kier alpha value is -1.75. The standard InChI is InChI=1S/C16H19N3OS/c1-11-10-21-15(18-11)14-7-3-4-9-19(14)16(20)13-6-5-8-17-12(13)2/h5-6,8,10,14H,3-4,7,9H2,1-2H3/t14-/m0/s1. The Bertz CT molecular complexity index is 652. The number of rotatable bonds is 2. The second-order valence-electron chi connectivity index (χ2n) is 5.47. The normalized spacial score (nSPS) is 18.8. The minimum absolute atomic E-state index is 0.0816. The lowest BCUT2D eigenvalue weighted by atomic mass is 10.0. The third kappa shape index (κ3) is 2.83. The third-order valence-electron chi connectivity index (χ3n) is 3.92. The summed E-state index contributed by atoms with van der Waals surface area (Å²) in [4.78, 5) is 23.7. The van der Waals surface area contributed by atoms with Gasteiger partial charge in [-0.1, -0.05) is 0 Å². The van der Waals surface area contributed by atoms with Gasteiger partial charge in [0.25, 0.3) is 5.91 Å². The zero-order valence-corrected chi connectivity index (χ0v) is 13.2. The summed E-state index contributed by atoms with van der Waals surface area (Å²) in [5, 5.41) is 3.11. The van der Waals surface area contributed by atoms with Crippen LogP contribution >= 0.6 is 11.3 Å². The molecule has 0 aromatic carbocycles. The number of hydrogen-bond acceptors (Lipinski definition) is 4. The van der Waals surface area contributed by atoms with Crippen molar-refractivity contribution in [2.45, 2.75) is 39.2 Å². The summed E-state index contributed by atoms with van der Waals surface area (Å²) in [6.45, 7) is 4.69. The van der Waals surface area contributed by atoms with Crippen molar-refractivity contribution in [2.75, 3.05) is 6.54 Å². The van der Waals surface area contributed by atoms with E-state index in [1.54, 1.807) is 17.5 Å². The fraction of sp³-hybridized carbons (Fsp3) is 0.438. The molecule has 0 bridgehead atoms. The minimum Gasteiger partial charge on any atom is -0.329 e. The van der Waals surface area contributed by atoms with Gasteiger partial charge in [-0.3, -0.25) is 9.78 Å². The fourth-order valence-corrected chi connectivity index (χ4v) is 3.76. The molecular weight excluding hydrogens is 282 g/mol. The average molecular weight is 301 g/mol. The van der Waals surface area contributed by atoms with E-state index in [-0.39, 0.29) is 11.9 Å². The van der Waals surface area contributed by atoms with Crippen LogP contribution in [0.15, 0.2) is 23.7 Å². The largest absolute Gasteiger partial charge is 0.329 e. The molecule has 2 aromatic rings. The van der Waals surface area contributed by atoms with E-state index < -0.39 is 0 Å². The van der Waals surface area contributed by atoms with Gasteiger partial charge in [0.05, 0.1) is 11.6 Å². The second kappa shape index (κ2) is 5.93. The first-order valence-electron chi connectivity index (χ1n) is 7.31. The third-order valence-corrected chi connectivity index (χ3v) is 4.99. The summed E-state index contributed by atoms with van der Waals surface area (Å²) in [6, 6.07) is 3.81. The number of carbonyl (C=O) groups is 1. The number of likely N-dealkylation sites (tertiary alicyclic amines) is 1. The van der Waals surface area contributed by atoms with Crippen molar-refractivity contribution in [3.8, 4) is 0 Å². The van der Waals surface area contributed by atoms with Gasteiger partial charge in [0.1, 0.15) is 5.01 Å². The second-order valence-corrected chi connectivity index (χ2v) is 6.36. The van der Waals surface area contributed by atoms with Crippen molar-refractivity contribution in [3.05, 3.63) is 45.7 Å². The van der Waals surface area contributed by atoms with Crippen LogP contribution in [0.4, 0.5) is 0 Å². The first-order chi connectivity index (χ1) is 10.2. The molecule has 5 heteroatoms. The molecule has 1 saturated heterocycles. The van der Waals surface area contributed by atoms with Gasteiger partial charge >= 0.3 is 0 Å². The molecule has 0 radical (unpaired) electrons. The number of piperidine rings is 1. The lowest BCUT2D eigenvalue weighted by molar-refractivity contribution is 0.0610. The zero-order chi connectivity index (χ0) is 14.8. The van der Waals surface area contributed by atoms with Crippen molar-refractivity contribution in [3.63, 3.8) is 0 Å². The molecule has 110 valence electrons. The van der Waals surface area contributed by atoms with Gasteiger partial charge in [-0.2, -0.15) is 0 Å². The maximum Gasteiger partial charge on any atom is 0.256 e. The van der Waals surface area contributed by atoms with Gasteiger partial charge in [0, 0.05) is 29.5 Å². The number of carbonyl (C=O) groups excluding carboxylic acids is 1. The Labute approximate surface area is 128 Å². The SMILES string of the molecule is Cc1csc([C@@H]2CCCCN2C(=O)c2cccnc2C)n1. The Kier molecular flexibility index (Phi) is 4.01. The van der Waals surface area contributed by atoms with Crippen LogP contribution in [-0.4, -0.2) is 27.3 Å².